The Bertz CT molecular complexity index is 439. The van der Waals surface area contributed by atoms with Gasteiger partial charge in [-0.05, 0) is 6.92 Å². The van der Waals surface area contributed by atoms with Gasteiger partial charge in [-0.2, -0.15) is 0 Å². The molecule has 2 unspecified atom stereocenters. The molecular weight excluding hydrogens is 260 g/mol. The monoisotopic (exact) mass is 280 g/mol. The lowest BCUT2D eigenvalue weighted by atomic mass is 10.3. The number of anilines is 1. The summed E-state index contributed by atoms with van der Waals surface area (Å²) in [7, 11) is 3.24. The number of hydrogen-bond donors (Lipinski definition) is 1. The van der Waals surface area contributed by atoms with E-state index in [1.54, 1.807) is 25.3 Å². The summed E-state index contributed by atoms with van der Waals surface area (Å²) in [5.74, 6) is 0.511. The fraction of sp³-hybridized carbons (Fsp3) is 0.615. The number of likely N-dealkylation sites (tertiary alicyclic amines) is 1. The molecule has 2 atom stereocenters. The van der Waals surface area contributed by atoms with Crippen molar-refractivity contribution in [1.82, 2.24) is 14.9 Å². The summed E-state index contributed by atoms with van der Waals surface area (Å²) in [6.07, 6.45) is 2.85. The number of hydrogen-bond acceptors (Lipinski definition) is 6. The van der Waals surface area contributed by atoms with Crippen molar-refractivity contribution in [2.75, 3.05) is 39.2 Å². The second-order valence-corrected chi connectivity index (χ2v) is 4.58. The number of nitrogens with zero attached hydrogens (tertiary/aromatic N) is 3. The van der Waals surface area contributed by atoms with Gasteiger partial charge in [0.25, 0.3) is 5.91 Å². The molecule has 1 aromatic heterocycles. The molecule has 1 aromatic rings. The van der Waals surface area contributed by atoms with Gasteiger partial charge in [-0.1, -0.05) is 0 Å². The zero-order chi connectivity index (χ0) is 14.5. The Balaban J connectivity index is 2.04. The first-order valence-corrected chi connectivity index (χ1v) is 6.60. The number of ether oxygens (including phenoxy) is 2. The van der Waals surface area contributed by atoms with Gasteiger partial charge >= 0.3 is 0 Å². The summed E-state index contributed by atoms with van der Waals surface area (Å²) in [4.78, 5) is 22.3. The Morgan fingerprint density at radius 2 is 1.95 bits per heavy atom. The summed E-state index contributed by atoms with van der Waals surface area (Å²) < 4.78 is 10.6. The van der Waals surface area contributed by atoms with Gasteiger partial charge in [0.1, 0.15) is 23.7 Å². The van der Waals surface area contributed by atoms with Crippen molar-refractivity contribution >= 4 is 11.7 Å². The van der Waals surface area contributed by atoms with Crippen LogP contribution in [0.25, 0.3) is 0 Å². The Morgan fingerprint density at radius 3 is 2.40 bits per heavy atom. The van der Waals surface area contributed by atoms with E-state index in [0.29, 0.717) is 24.6 Å². The van der Waals surface area contributed by atoms with Crippen molar-refractivity contribution in [1.29, 1.82) is 0 Å². The third-order valence-electron chi connectivity index (χ3n) is 3.34. The lowest BCUT2D eigenvalue weighted by Crippen LogP contribution is -2.30. The first-order chi connectivity index (χ1) is 9.69. The molecular formula is C13H20N4O3. The lowest BCUT2D eigenvalue weighted by Gasteiger charge is -2.15. The Morgan fingerprint density at radius 1 is 1.30 bits per heavy atom. The molecule has 1 aliphatic heterocycles. The van der Waals surface area contributed by atoms with Crippen molar-refractivity contribution in [2.24, 2.45) is 0 Å². The third-order valence-corrected chi connectivity index (χ3v) is 3.34. The molecule has 2 rings (SSSR count). The molecule has 1 aliphatic rings. The van der Waals surface area contributed by atoms with Crippen LogP contribution in [0.5, 0.6) is 0 Å². The third kappa shape index (κ3) is 3.05. The maximum atomic E-state index is 12.3. The van der Waals surface area contributed by atoms with Crippen molar-refractivity contribution in [3.63, 3.8) is 0 Å². The Hall–Kier alpha value is -1.73. The van der Waals surface area contributed by atoms with Crippen LogP contribution in [0.3, 0.4) is 0 Å². The van der Waals surface area contributed by atoms with Gasteiger partial charge in [-0.25, -0.2) is 9.97 Å². The fourth-order valence-electron chi connectivity index (χ4n) is 2.24. The lowest BCUT2D eigenvalue weighted by molar-refractivity contribution is -0.00461. The van der Waals surface area contributed by atoms with Crippen LogP contribution in [-0.2, 0) is 9.47 Å². The number of amides is 1. The summed E-state index contributed by atoms with van der Waals surface area (Å²) in [5.41, 5.74) is 0.332. The molecule has 2 heterocycles. The number of aromatic nitrogens is 2. The van der Waals surface area contributed by atoms with Crippen LogP contribution in [0.4, 0.5) is 5.82 Å². The summed E-state index contributed by atoms with van der Waals surface area (Å²) in [6, 6.07) is 0. The van der Waals surface area contributed by atoms with Gasteiger partial charge < -0.3 is 19.7 Å². The van der Waals surface area contributed by atoms with Crippen molar-refractivity contribution in [3.8, 4) is 0 Å². The number of rotatable bonds is 5. The molecule has 0 spiro atoms. The van der Waals surface area contributed by atoms with E-state index in [1.807, 2.05) is 6.92 Å². The Labute approximate surface area is 118 Å². The maximum Gasteiger partial charge on any atom is 0.274 e. The van der Waals surface area contributed by atoms with Crippen LogP contribution in [0, 0.1) is 0 Å². The highest BCUT2D eigenvalue weighted by atomic mass is 16.5. The highest BCUT2D eigenvalue weighted by Gasteiger charge is 2.36. The van der Waals surface area contributed by atoms with Gasteiger partial charge in [0.05, 0.1) is 12.4 Å². The standard InChI is InChI=1S/C13H20N4O3/c1-4-14-12-6-15-9(5-16-12)13(18)17-7-10(19-2)11(8-17)20-3/h5-6,10-11H,4,7-8H2,1-3H3,(H,14,16). The molecule has 1 fully saturated rings. The first-order valence-electron chi connectivity index (χ1n) is 6.60. The van der Waals surface area contributed by atoms with Crippen LogP contribution in [-0.4, -0.2) is 66.8 Å². The molecule has 1 saturated heterocycles. The average Bonchev–Trinajstić information content (AvgIpc) is 2.91. The predicted molar refractivity (Wildman–Crippen MR) is 73.7 cm³/mol. The van der Waals surface area contributed by atoms with Gasteiger partial charge in [-0.15, -0.1) is 0 Å². The van der Waals surface area contributed by atoms with E-state index in [4.69, 9.17) is 9.47 Å². The smallest absolute Gasteiger partial charge is 0.274 e. The Kier molecular flexibility index (Phi) is 4.86. The number of carbonyl (C=O) groups excluding carboxylic acids is 1. The van der Waals surface area contributed by atoms with Crippen LogP contribution in [0.1, 0.15) is 17.4 Å². The summed E-state index contributed by atoms with van der Waals surface area (Å²) in [5, 5.41) is 3.04. The average molecular weight is 280 g/mol. The van der Waals surface area contributed by atoms with Gasteiger partial charge in [0.15, 0.2) is 0 Å². The van der Waals surface area contributed by atoms with Gasteiger partial charge in [0.2, 0.25) is 0 Å². The molecule has 0 bridgehead atoms. The van der Waals surface area contributed by atoms with E-state index >= 15 is 0 Å². The second kappa shape index (κ2) is 6.62. The highest BCUT2D eigenvalue weighted by Crippen LogP contribution is 2.17. The van der Waals surface area contributed by atoms with Crippen LogP contribution in [0.15, 0.2) is 12.4 Å². The summed E-state index contributed by atoms with van der Waals surface area (Å²) in [6.45, 7) is 3.74. The molecule has 1 N–H and O–H groups in total. The minimum Gasteiger partial charge on any atom is -0.377 e. The van der Waals surface area contributed by atoms with E-state index in [0.717, 1.165) is 6.54 Å². The molecule has 0 radical (unpaired) electrons. The number of carbonyl (C=O) groups is 1. The summed E-state index contributed by atoms with van der Waals surface area (Å²) >= 11 is 0. The largest absolute Gasteiger partial charge is 0.377 e. The first kappa shape index (κ1) is 14.7. The predicted octanol–water partition coefficient (Wildman–Crippen LogP) is 0.394. The minimum absolute atomic E-state index is 0.0991. The zero-order valence-electron chi connectivity index (χ0n) is 12.0. The number of nitrogens with one attached hydrogen (secondary N) is 1. The molecule has 1 amide bonds. The van der Waals surface area contributed by atoms with Crippen molar-refractivity contribution in [3.05, 3.63) is 18.1 Å². The number of methoxy groups -OCH3 is 2. The molecule has 7 heteroatoms. The van der Waals surface area contributed by atoms with Gasteiger partial charge in [-0.3, -0.25) is 4.79 Å². The van der Waals surface area contributed by atoms with Crippen LogP contribution >= 0.6 is 0 Å². The second-order valence-electron chi connectivity index (χ2n) is 4.58. The van der Waals surface area contributed by atoms with Crippen LogP contribution < -0.4 is 5.32 Å². The molecule has 0 saturated carbocycles. The van der Waals surface area contributed by atoms with Gasteiger partial charge in [0, 0.05) is 33.9 Å². The quantitative estimate of drug-likeness (QED) is 0.841. The van der Waals surface area contributed by atoms with E-state index in [-0.39, 0.29) is 18.1 Å². The normalized spacial score (nSPS) is 22.1. The fourth-order valence-corrected chi connectivity index (χ4v) is 2.24. The van der Waals surface area contributed by atoms with Crippen LogP contribution in [0.2, 0.25) is 0 Å². The molecule has 0 aromatic carbocycles. The minimum atomic E-state index is -0.151. The van der Waals surface area contributed by atoms with E-state index in [1.165, 1.54) is 6.20 Å². The molecule has 7 nitrogen and oxygen atoms in total. The zero-order valence-corrected chi connectivity index (χ0v) is 12.0. The topological polar surface area (TPSA) is 76.6 Å². The highest BCUT2D eigenvalue weighted by molar-refractivity contribution is 5.92. The molecule has 0 aliphatic carbocycles. The molecule has 110 valence electrons. The van der Waals surface area contributed by atoms with Crippen molar-refractivity contribution in [2.45, 2.75) is 19.1 Å². The van der Waals surface area contributed by atoms with E-state index < -0.39 is 0 Å². The van der Waals surface area contributed by atoms with Crippen molar-refractivity contribution < 1.29 is 14.3 Å². The van der Waals surface area contributed by atoms with E-state index in [9.17, 15) is 4.79 Å². The van der Waals surface area contributed by atoms with E-state index in [2.05, 4.69) is 15.3 Å². The SMILES string of the molecule is CCNc1cnc(C(=O)N2CC(OC)C(OC)C2)cn1. The maximum absolute atomic E-state index is 12.3. The molecule has 20 heavy (non-hydrogen) atoms.